The second kappa shape index (κ2) is 9.56. The average Bonchev–Trinajstić information content (AvgIpc) is 2.75. The maximum absolute atomic E-state index is 12.7. The Morgan fingerprint density at radius 1 is 1.23 bits per heavy atom. The molecule has 7 nitrogen and oxygen atoms in total. The summed E-state index contributed by atoms with van der Waals surface area (Å²) in [5.74, 6) is 0.115. The lowest BCUT2D eigenvalue weighted by Crippen LogP contribution is -2.26. The van der Waals surface area contributed by atoms with Crippen molar-refractivity contribution < 1.29 is 19.1 Å². The number of carbonyl (C=O) groups is 1. The number of methoxy groups -OCH3 is 1. The first-order chi connectivity index (χ1) is 14.5. The van der Waals surface area contributed by atoms with Crippen molar-refractivity contribution in [3.63, 3.8) is 0 Å². The highest BCUT2D eigenvalue weighted by Crippen LogP contribution is 2.29. The van der Waals surface area contributed by atoms with Crippen LogP contribution in [0.15, 0.2) is 51.7 Å². The predicted molar refractivity (Wildman–Crippen MR) is 116 cm³/mol. The fourth-order valence-corrected chi connectivity index (χ4v) is 3.35. The molecule has 0 fully saturated rings. The number of aryl methyl sites for hydroxylation is 1. The molecule has 1 amide bonds. The van der Waals surface area contributed by atoms with Gasteiger partial charge in [0.15, 0.2) is 0 Å². The molecule has 0 aliphatic carbocycles. The molecule has 7 heteroatoms. The van der Waals surface area contributed by atoms with Crippen molar-refractivity contribution >= 4 is 22.6 Å². The molecule has 1 atom stereocenters. The van der Waals surface area contributed by atoms with Crippen LogP contribution in [0.3, 0.4) is 0 Å². The number of nitrogens with one attached hydrogen (secondary N) is 1. The molecule has 158 valence electrons. The van der Waals surface area contributed by atoms with Gasteiger partial charge in [0.2, 0.25) is 0 Å². The predicted octanol–water partition coefficient (Wildman–Crippen LogP) is 2.87. The molecule has 0 aliphatic heterocycles. The molecule has 0 spiro atoms. The molecule has 2 aromatic carbocycles. The Morgan fingerprint density at radius 2 is 1.97 bits per heavy atom. The normalized spacial score (nSPS) is 12.0. The summed E-state index contributed by atoms with van der Waals surface area (Å²) in [6, 6.07) is 11.9. The van der Waals surface area contributed by atoms with Crippen molar-refractivity contribution in [2.75, 3.05) is 19.0 Å². The van der Waals surface area contributed by atoms with Gasteiger partial charge in [-0.2, -0.15) is 0 Å². The highest BCUT2D eigenvalue weighted by Gasteiger charge is 2.17. The molecular formula is C23H26N2O5. The van der Waals surface area contributed by atoms with Gasteiger partial charge in [-0.3, -0.25) is 4.79 Å². The van der Waals surface area contributed by atoms with Crippen LogP contribution < -0.4 is 21.4 Å². The Labute approximate surface area is 174 Å². The van der Waals surface area contributed by atoms with E-state index in [1.165, 1.54) is 0 Å². The van der Waals surface area contributed by atoms with E-state index >= 15 is 0 Å². The van der Waals surface area contributed by atoms with E-state index < -0.39 is 11.5 Å². The minimum Gasteiger partial charge on any atom is -0.496 e. The molecule has 4 N–H and O–H groups in total. The summed E-state index contributed by atoms with van der Waals surface area (Å²) in [6.07, 6.45) is 2.09. The van der Waals surface area contributed by atoms with Crippen LogP contribution >= 0.6 is 0 Å². The second-order valence-electron chi connectivity index (χ2n) is 7.16. The zero-order chi connectivity index (χ0) is 21.7. The lowest BCUT2D eigenvalue weighted by atomic mass is 10.0. The van der Waals surface area contributed by atoms with Gasteiger partial charge in [0, 0.05) is 22.7 Å². The molecular weight excluding hydrogens is 384 g/mol. The molecule has 1 heterocycles. The smallest absolute Gasteiger partial charge is 0.349 e. The monoisotopic (exact) mass is 410 g/mol. The van der Waals surface area contributed by atoms with Crippen LogP contribution in [0.4, 0.5) is 5.69 Å². The Kier molecular flexibility index (Phi) is 6.87. The third kappa shape index (κ3) is 4.69. The standard InChI is InChI=1S/C23H26N2O5/c1-3-4-18-20(29-2)10-7-15-12-19(23(28)30-21(15)18)22(27)25-17-8-5-14(6-9-17)11-16(24)13-26/h5-10,12,16,26H,3-4,11,13,24H2,1-2H3,(H,25,27)/t16-/m0/s1. The summed E-state index contributed by atoms with van der Waals surface area (Å²) in [7, 11) is 1.57. The summed E-state index contributed by atoms with van der Waals surface area (Å²) in [5.41, 5.74) is 7.72. The summed E-state index contributed by atoms with van der Waals surface area (Å²) in [4.78, 5) is 25.2. The van der Waals surface area contributed by atoms with E-state index in [-0.39, 0.29) is 18.2 Å². The third-order valence-corrected chi connectivity index (χ3v) is 4.87. The van der Waals surface area contributed by atoms with Crippen LogP contribution in [0.2, 0.25) is 0 Å². The van der Waals surface area contributed by atoms with Gasteiger partial charge in [0.25, 0.3) is 5.91 Å². The van der Waals surface area contributed by atoms with Crippen molar-refractivity contribution in [1.82, 2.24) is 0 Å². The summed E-state index contributed by atoms with van der Waals surface area (Å²) in [6.45, 7) is 1.93. The van der Waals surface area contributed by atoms with Crippen molar-refractivity contribution in [2.45, 2.75) is 32.2 Å². The van der Waals surface area contributed by atoms with Crippen LogP contribution in [0.1, 0.15) is 34.8 Å². The zero-order valence-corrected chi connectivity index (χ0v) is 17.1. The number of rotatable bonds is 8. The number of fused-ring (bicyclic) bond motifs is 1. The summed E-state index contributed by atoms with van der Waals surface area (Å²) >= 11 is 0. The highest BCUT2D eigenvalue weighted by atomic mass is 16.5. The largest absolute Gasteiger partial charge is 0.496 e. The van der Waals surface area contributed by atoms with E-state index in [0.717, 1.165) is 17.5 Å². The number of benzene rings is 2. The number of hydrogen-bond acceptors (Lipinski definition) is 6. The molecule has 0 radical (unpaired) electrons. The second-order valence-corrected chi connectivity index (χ2v) is 7.16. The molecule has 0 saturated heterocycles. The van der Waals surface area contributed by atoms with Crippen LogP contribution in [0, 0.1) is 0 Å². The number of carbonyl (C=O) groups excluding carboxylic acids is 1. The Hall–Kier alpha value is -3.16. The lowest BCUT2D eigenvalue weighted by Gasteiger charge is -2.11. The zero-order valence-electron chi connectivity index (χ0n) is 17.1. The Balaban J connectivity index is 1.86. The fraction of sp³-hybridized carbons (Fsp3) is 0.304. The van der Waals surface area contributed by atoms with Crippen molar-refractivity contribution in [3.05, 3.63) is 69.6 Å². The quantitative estimate of drug-likeness (QED) is 0.492. The summed E-state index contributed by atoms with van der Waals surface area (Å²) < 4.78 is 10.9. The van der Waals surface area contributed by atoms with Crippen LogP contribution in [-0.2, 0) is 12.8 Å². The molecule has 0 aliphatic rings. The van der Waals surface area contributed by atoms with E-state index in [2.05, 4.69) is 5.32 Å². The van der Waals surface area contributed by atoms with Crippen LogP contribution in [0.5, 0.6) is 5.75 Å². The van der Waals surface area contributed by atoms with Gasteiger partial charge in [0.05, 0.1) is 13.7 Å². The van der Waals surface area contributed by atoms with Crippen molar-refractivity contribution in [3.8, 4) is 5.75 Å². The minimum atomic E-state index is -0.698. The van der Waals surface area contributed by atoms with Gasteiger partial charge in [-0.15, -0.1) is 0 Å². The molecule has 3 aromatic rings. The Bertz CT molecular complexity index is 1090. The van der Waals surface area contributed by atoms with Gasteiger partial charge in [-0.05, 0) is 48.7 Å². The molecule has 0 unspecified atom stereocenters. The maximum Gasteiger partial charge on any atom is 0.349 e. The van der Waals surface area contributed by atoms with Gasteiger partial charge in [0.1, 0.15) is 16.9 Å². The van der Waals surface area contributed by atoms with Crippen molar-refractivity contribution in [2.24, 2.45) is 5.73 Å². The van der Waals surface area contributed by atoms with E-state index in [0.29, 0.717) is 35.2 Å². The maximum atomic E-state index is 12.7. The van der Waals surface area contributed by atoms with E-state index in [4.69, 9.17) is 20.0 Å². The first kappa shape index (κ1) is 21.5. The fourth-order valence-electron chi connectivity index (χ4n) is 3.35. The number of aliphatic hydroxyl groups is 1. The highest BCUT2D eigenvalue weighted by molar-refractivity contribution is 6.05. The molecule has 1 aromatic heterocycles. The van der Waals surface area contributed by atoms with E-state index in [9.17, 15) is 9.59 Å². The number of hydrogen-bond donors (Lipinski definition) is 3. The summed E-state index contributed by atoms with van der Waals surface area (Å²) in [5, 5.41) is 12.4. The SMILES string of the molecule is CCCc1c(OC)ccc2cc(C(=O)Nc3ccc(C[C@H](N)CO)cc3)c(=O)oc12. The number of nitrogens with two attached hydrogens (primary N) is 1. The van der Waals surface area contributed by atoms with Gasteiger partial charge in [-0.25, -0.2) is 4.79 Å². The number of ether oxygens (including phenoxy) is 1. The first-order valence-corrected chi connectivity index (χ1v) is 9.87. The molecule has 0 saturated carbocycles. The van der Waals surface area contributed by atoms with Gasteiger partial charge < -0.3 is 25.3 Å². The Morgan fingerprint density at radius 3 is 2.60 bits per heavy atom. The van der Waals surface area contributed by atoms with E-state index in [1.54, 1.807) is 31.4 Å². The van der Waals surface area contributed by atoms with Gasteiger partial charge in [-0.1, -0.05) is 25.5 Å². The lowest BCUT2D eigenvalue weighted by molar-refractivity contribution is 0.102. The number of amides is 1. The molecule has 0 bridgehead atoms. The molecule has 3 rings (SSSR count). The minimum absolute atomic E-state index is 0.0681. The average molecular weight is 410 g/mol. The number of aliphatic hydroxyl groups excluding tert-OH is 1. The third-order valence-electron chi connectivity index (χ3n) is 4.87. The van der Waals surface area contributed by atoms with Crippen molar-refractivity contribution in [1.29, 1.82) is 0 Å². The first-order valence-electron chi connectivity index (χ1n) is 9.87. The molecule has 30 heavy (non-hydrogen) atoms. The van der Waals surface area contributed by atoms with Gasteiger partial charge >= 0.3 is 5.63 Å². The van der Waals surface area contributed by atoms with E-state index in [1.807, 2.05) is 25.1 Å². The topological polar surface area (TPSA) is 115 Å². The van der Waals surface area contributed by atoms with Crippen LogP contribution in [-0.4, -0.2) is 30.8 Å². The van der Waals surface area contributed by atoms with Crippen LogP contribution in [0.25, 0.3) is 11.0 Å². The number of anilines is 1.